The van der Waals surface area contributed by atoms with Gasteiger partial charge in [-0.15, -0.1) is 0 Å². The van der Waals surface area contributed by atoms with Crippen LogP contribution in [0.4, 0.5) is 0 Å². The van der Waals surface area contributed by atoms with Crippen LogP contribution in [0.15, 0.2) is 52.5 Å². The molecule has 0 spiro atoms. The molecule has 0 aliphatic carbocycles. The number of H-pyrrole nitrogens is 1. The van der Waals surface area contributed by atoms with E-state index < -0.39 is 0 Å². The minimum absolute atomic E-state index is 1.20. The summed E-state index contributed by atoms with van der Waals surface area (Å²) in [6.45, 7) is 2.09. The third-order valence-corrected chi connectivity index (χ3v) is 2.74. The zero-order valence-corrected chi connectivity index (χ0v) is 8.27. The summed E-state index contributed by atoms with van der Waals surface area (Å²) >= 11 is 1.75. The first-order valence-electron chi connectivity index (χ1n) is 4.22. The molecule has 0 unspecified atom stereocenters. The van der Waals surface area contributed by atoms with E-state index in [4.69, 9.17) is 0 Å². The Kier molecular flexibility index (Phi) is 2.41. The predicted molar refractivity (Wildman–Crippen MR) is 56.1 cm³/mol. The number of benzene rings is 1. The molecule has 0 aliphatic rings. The molecule has 1 N–H and O–H groups in total. The predicted octanol–water partition coefficient (Wildman–Crippen LogP) is 3.47. The lowest BCUT2D eigenvalue weighted by molar-refractivity contribution is 1.20. The molecule has 0 radical (unpaired) electrons. The van der Waals surface area contributed by atoms with Gasteiger partial charge in [0.2, 0.25) is 0 Å². The van der Waals surface area contributed by atoms with Crippen LogP contribution in [0.3, 0.4) is 0 Å². The number of nitrogens with one attached hydrogen (secondary N) is 1. The summed E-state index contributed by atoms with van der Waals surface area (Å²) in [4.78, 5) is 4.48. The van der Waals surface area contributed by atoms with Gasteiger partial charge < -0.3 is 4.98 Å². The van der Waals surface area contributed by atoms with Crippen LogP contribution in [0.5, 0.6) is 0 Å². The van der Waals surface area contributed by atoms with Crippen LogP contribution in [-0.4, -0.2) is 4.98 Å². The molecule has 2 heteroatoms. The van der Waals surface area contributed by atoms with Crippen LogP contribution in [-0.2, 0) is 0 Å². The standard InChI is InChI=1S/C11H11NS/c1-9-7-11(12-8-9)13-10-5-3-2-4-6-10/h2-8,12H,1H3. The normalized spacial score (nSPS) is 10.2. The molecule has 0 aliphatic heterocycles. The molecule has 66 valence electrons. The van der Waals surface area contributed by atoms with Crippen molar-refractivity contribution < 1.29 is 0 Å². The Morgan fingerprint density at radius 2 is 1.92 bits per heavy atom. The van der Waals surface area contributed by atoms with Crippen molar-refractivity contribution in [3.63, 3.8) is 0 Å². The second-order valence-corrected chi connectivity index (χ2v) is 4.07. The molecular weight excluding hydrogens is 178 g/mol. The Morgan fingerprint density at radius 3 is 2.54 bits per heavy atom. The maximum Gasteiger partial charge on any atom is 0.0772 e. The summed E-state index contributed by atoms with van der Waals surface area (Å²) in [5.74, 6) is 0. The fourth-order valence-electron chi connectivity index (χ4n) is 1.15. The van der Waals surface area contributed by atoms with Gasteiger partial charge in [-0.25, -0.2) is 0 Å². The summed E-state index contributed by atoms with van der Waals surface area (Å²) in [6, 6.07) is 12.5. The molecule has 2 rings (SSSR count). The molecule has 0 fully saturated rings. The lowest BCUT2D eigenvalue weighted by atomic mass is 10.4. The van der Waals surface area contributed by atoms with Crippen LogP contribution in [0.25, 0.3) is 0 Å². The summed E-state index contributed by atoms with van der Waals surface area (Å²) in [5, 5.41) is 1.20. The molecule has 1 aromatic carbocycles. The average molecular weight is 189 g/mol. The van der Waals surface area contributed by atoms with Gasteiger partial charge in [-0.2, -0.15) is 0 Å². The summed E-state index contributed by atoms with van der Waals surface area (Å²) in [7, 11) is 0. The zero-order valence-electron chi connectivity index (χ0n) is 7.45. The number of aryl methyl sites for hydroxylation is 1. The van der Waals surface area contributed by atoms with Gasteiger partial charge in [0.05, 0.1) is 5.03 Å². The maximum absolute atomic E-state index is 3.22. The quantitative estimate of drug-likeness (QED) is 0.764. The minimum Gasteiger partial charge on any atom is -0.356 e. The minimum atomic E-state index is 1.20. The van der Waals surface area contributed by atoms with Gasteiger partial charge in [-0.3, -0.25) is 0 Å². The van der Waals surface area contributed by atoms with Crippen molar-refractivity contribution in [2.75, 3.05) is 0 Å². The number of hydrogen-bond acceptors (Lipinski definition) is 1. The molecule has 0 saturated carbocycles. The fourth-order valence-corrected chi connectivity index (χ4v) is 2.06. The SMILES string of the molecule is Cc1c[nH]c(Sc2ccccc2)c1. The van der Waals surface area contributed by atoms with E-state index in [1.54, 1.807) is 11.8 Å². The molecule has 1 aromatic heterocycles. The molecule has 0 atom stereocenters. The topological polar surface area (TPSA) is 15.8 Å². The highest BCUT2D eigenvalue weighted by Crippen LogP contribution is 2.26. The van der Waals surface area contributed by atoms with E-state index in [2.05, 4.69) is 42.2 Å². The van der Waals surface area contributed by atoms with E-state index in [0.717, 1.165) is 0 Å². The Bertz CT molecular complexity index is 378. The van der Waals surface area contributed by atoms with Crippen LogP contribution in [0.2, 0.25) is 0 Å². The Balaban J connectivity index is 2.15. The third-order valence-electron chi connectivity index (χ3n) is 1.77. The van der Waals surface area contributed by atoms with Crippen LogP contribution >= 0.6 is 11.8 Å². The van der Waals surface area contributed by atoms with Crippen LogP contribution < -0.4 is 0 Å². The van der Waals surface area contributed by atoms with Crippen molar-refractivity contribution in [2.45, 2.75) is 16.8 Å². The van der Waals surface area contributed by atoms with Gasteiger partial charge in [-0.05, 0) is 30.7 Å². The lowest BCUT2D eigenvalue weighted by Gasteiger charge is -1.96. The van der Waals surface area contributed by atoms with Gasteiger partial charge in [-0.1, -0.05) is 30.0 Å². The van der Waals surface area contributed by atoms with Gasteiger partial charge >= 0.3 is 0 Å². The number of hydrogen-bond donors (Lipinski definition) is 1. The van der Waals surface area contributed by atoms with E-state index in [1.165, 1.54) is 15.5 Å². The van der Waals surface area contributed by atoms with E-state index in [9.17, 15) is 0 Å². The highest BCUT2D eigenvalue weighted by Gasteiger charge is 1.97. The molecular formula is C11H11NS. The highest BCUT2D eigenvalue weighted by atomic mass is 32.2. The largest absolute Gasteiger partial charge is 0.356 e. The molecule has 2 aromatic rings. The van der Waals surface area contributed by atoms with Gasteiger partial charge in [0.1, 0.15) is 0 Å². The average Bonchev–Trinajstić information content (AvgIpc) is 2.53. The van der Waals surface area contributed by atoms with E-state index >= 15 is 0 Å². The second-order valence-electron chi connectivity index (χ2n) is 2.96. The molecule has 0 saturated heterocycles. The Labute approximate surface area is 82.2 Å². The fraction of sp³-hybridized carbons (Fsp3) is 0.0909. The van der Waals surface area contributed by atoms with Crippen molar-refractivity contribution in [1.29, 1.82) is 0 Å². The van der Waals surface area contributed by atoms with Crippen molar-refractivity contribution in [1.82, 2.24) is 4.98 Å². The Hall–Kier alpha value is -1.15. The second kappa shape index (κ2) is 3.71. The first-order valence-corrected chi connectivity index (χ1v) is 5.04. The zero-order chi connectivity index (χ0) is 9.10. The van der Waals surface area contributed by atoms with Crippen molar-refractivity contribution in [3.05, 3.63) is 48.2 Å². The first kappa shape index (κ1) is 8.45. The third kappa shape index (κ3) is 2.16. The van der Waals surface area contributed by atoms with Crippen molar-refractivity contribution >= 4 is 11.8 Å². The summed E-state index contributed by atoms with van der Waals surface area (Å²) in [5.41, 5.74) is 1.28. The molecule has 0 amide bonds. The monoisotopic (exact) mass is 189 g/mol. The van der Waals surface area contributed by atoms with Gasteiger partial charge in [0.15, 0.2) is 0 Å². The molecule has 1 nitrogen and oxygen atoms in total. The first-order chi connectivity index (χ1) is 6.34. The van der Waals surface area contributed by atoms with E-state index in [0.29, 0.717) is 0 Å². The maximum atomic E-state index is 3.22. The highest BCUT2D eigenvalue weighted by molar-refractivity contribution is 7.99. The summed E-state index contributed by atoms with van der Waals surface area (Å²) in [6.07, 6.45) is 2.02. The van der Waals surface area contributed by atoms with Crippen LogP contribution in [0, 0.1) is 6.92 Å². The molecule has 13 heavy (non-hydrogen) atoms. The molecule has 1 heterocycles. The van der Waals surface area contributed by atoms with E-state index in [1.807, 2.05) is 12.3 Å². The summed E-state index contributed by atoms with van der Waals surface area (Å²) < 4.78 is 0. The van der Waals surface area contributed by atoms with Gasteiger partial charge in [0.25, 0.3) is 0 Å². The van der Waals surface area contributed by atoms with Crippen molar-refractivity contribution in [3.8, 4) is 0 Å². The van der Waals surface area contributed by atoms with E-state index in [-0.39, 0.29) is 0 Å². The number of rotatable bonds is 2. The van der Waals surface area contributed by atoms with Crippen molar-refractivity contribution in [2.24, 2.45) is 0 Å². The lowest BCUT2D eigenvalue weighted by Crippen LogP contribution is -1.70. The van der Waals surface area contributed by atoms with Gasteiger partial charge in [0, 0.05) is 11.1 Å². The molecule has 0 bridgehead atoms. The van der Waals surface area contributed by atoms with Crippen LogP contribution in [0.1, 0.15) is 5.56 Å². The smallest absolute Gasteiger partial charge is 0.0772 e. The Morgan fingerprint density at radius 1 is 1.15 bits per heavy atom. The number of aromatic nitrogens is 1. The number of aromatic amines is 1.